The van der Waals surface area contributed by atoms with Crippen LogP contribution < -0.4 is 16.4 Å². The molecule has 2 amide bonds. The molecule has 23 heavy (non-hydrogen) atoms. The Balaban J connectivity index is 1.68. The third kappa shape index (κ3) is 3.61. The Morgan fingerprint density at radius 3 is 2.61 bits per heavy atom. The van der Waals surface area contributed by atoms with E-state index in [9.17, 15) is 4.79 Å². The molecular weight excluding hydrogens is 316 g/mol. The number of benzene rings is 2. The van der Waals surface area contributed by atoms with E-state index in [4.69, 9.17) is 21.9 Å². The van der Waals surface area contributed by atoms with E-state index in [2.05, 4.69) is 15.8 Å². The molecule has 1 heterocycles. The maximum absolute atomic E-state index is 12.0. The standard InChI is InChI=1S/C16H13ClN4O2/c17-12-8-11(18)6-7-13(12)19-16(22)20-15-9-14(23-21-15)10-4-2-1-3-5-10/h1-9H,18H2,(H2,19,20,21,22). The van der Waals surface area contributed by atoms with E-state index in [0.29, 0.717) is 28.0 Å². The number of urea groups is 1. The lowest BCUT2D eigenvalue weighted by Gasteiger charge is -2.07. The number of anilines is 3. The zero-order valence-corrected chi connectivity index (χ0v) is 12.7. The third-order valence-corrected chi connectivity index (χ3v) is 3.36. The molecule has 7 heteroatoms. The lowest BCUT2D eigenvalue weighted by molar-refractivity contribution is 0.262. The number of nitrogens with one attached hydrogen (secondary N) is 2. The average molecular weight is 329 g/mol. The number of carbonyl (C=O) groups is 1. The molecule has 6 nitrogen and oxygen atoms in total. The zero-order valence-electron chi connectivity index (χ0n) is 11.9. The van der Waals surface area contributed by atoms with Crippen LogP contribution in [0.4, 0.5) is 22.0 Å². The summed E-state index contributed by atoms with van der Waals surface area (Å²) in [7, 11) is 0. The molecule has 2 aromatic carbocycles. The van der Waals surface area contributed by atoms with Crippen molar-refractivity contribution in [2.75, 3.05) is 16.4 Å². The van der Waals surface area contributed by atoms with Crippen LogP contribution in [0.3, 0.4) is 0 Å². The van der Waals surface area contributed by atoms with Crippen LogP contribution >= 0.6 is 11.6 Å². The minimum Gasteiger partial charge on any atom is -0.399 e. The number of hydrogen-bond donors (Lipinski definition) is 3. The first-order chi connectivity index (χ1) is 11.1. The number of aromatic nitrogens is 1. The minimum atomic E-state index is -0.482. The SMILES string of the molecule is Nc1ccc(NC(=O)Nc2cc(-c3ccccc3)on2)c(Cl)c1. The van der Waals surface area contributed by atoms with Crippen molar-refractivity contribution in [2.24, 2.45) is 0 Å². The minimum absolute atomic E-state index is 0.299. The van der Waals surface area contributed by atoms with Crippen LogP contribution in [0, 0.1) is 0 Å². The summed E-state index contributed by atoms with van der Waals surface area (Å²) in [6.45, 7) is 0. The average Bonchev–Trinajstić information content (AvgIpc) is 2.99. The van der Waals surface area contributed by atoms with Crippen LogP contribution in [-0.4, -0.2) is 11.2 Å². The second kappa shape index (κ2) is 6.41. The van der Waals surface area contributed by atoms with Gasteiger partial charge in [0, 0.05) is 17.3 Å². The summed E-state index contributed by atoms with van der Waals surface area (Å²) in [5.41, 5.74) is 7.44. The van der Waals surface area contributed by atoms with Gasteiger partial charge in [0.2, 0.25) is 0 Å². The molecule has 0 fully saturated rings. The van der Waals surface area contributed by atoms with Crippen molar-refractivity contribution in [3.05, 3.63) is 59.6 Å². The molecule has 1 aromatic heterocycles. The summed E-state index contributed by atoms with van der Waals surface area (Å²) in [4.78, 5) is 12.0. The van der Waals surface area contributed by atoms with Gasteiger partial charge in [-0.1, -0.05) is 47.1 Å². The fourth-order valence-corrected chi connectivity index (χ4v) is 2.21. The Labute approximate surface area is 137 Å². The molecule has 0 aliphatic heterocycles. The highest BCUT2D eigenvalue weighted by Crippen LogP contribution is 2.25. The number of amides is 2. The van der Waals surface area contributed by atoms with Gasteiger partial charge < -0.3 is 15.6 Å². The molecule has 0 spiro atoms. The largest absolute Gasteiger partial charge is 0.399 e. The summed E-state index contributed by atoms with van der Waals surface area (Å²) < 4.78 is 5.21. The van der Waals surface area contributed by atoms with Crippen LogP contribution in [0.5, 0.6) is 0 Å². The van der Waals surface area contributed by atoms with Crippen molar-refractivity contribution >= 4 is 34.8 Å². The van der Waals surface area contributed by atoms with Gasteiger partial charge in [-0.05, 0) is 18.2 Å². The quantitative estimate of drug-likeness (QED) is 0.627. The van der Waals surface area contributed by atoms with Crippen LogP contribution in [0.2, 0.25) is 5.02 Å². The van der Waals surface area contributed by atoms with E-state index >= 15 is 0 Å². The number of nitrogen functional groups attached to an aromatic ring is 1. The van der Waals surface area contributed by atoms with Gasteiger partial charge in [0.1, 0.15) is 0 Å². The maximum atomic E-state index is 12.0. The normalized spacial score (nSPS) is 10.3. The molecule has 4 N–H and O–H groups in total. The van der Waals surface area contributed by atoms with Gasteiger partial charge in [0.25, 0.3) is 0 Å². The highest BCUT2D eigenvalue weighted by Gasteiger charge is 2.10. The molecule has 116 valence electrons. The number of hydrogen-bond acceptors (Lipinski definition) is 4. The molecule has 0 radical (unpaired) electrons. The van der Waals surface area contributed by atoms with Crippen molar-refractivity contribution in [3.63, 3.8) is 0 Å². The van der Waals surface area contributed by atoms with Gasteiger partial charge in [-0.15, -0.1) is 0 Å². The van der Waals surface area contributed by atoms with E-state index in [1.165, 1.54) is 0 Å². The monoisotopic (exact) mass is 328 g/mol. The van der Waals surface area contributed by atoms with Gasteiger partial charge in [0.05, 0.1) is 10.7 Å². The van der Waals surface area contributed by atoms with Crippen LogP contribution in [0.1, 0.15) is 0 Å². The smallest absolute Gasteiger partial charge is 0.324 e. The predicted octanol–water partition coefficient (Wildman–Crippen LogP) is 4.22. The predicted molar refractivity (Wildman–Crippen MR) is 90.4 cm³/mol. The summed E-state index contributed by atoms with van der Waals surface area (Å²) in [6, 6.07) is 15.4. The second-order valence-corrected chi connectivity index (χ2v) is 5.17. The maximum Gasteiger partial charge on any atom is 0.324 e. The Morgan fingerprint density at radius 2 is 1.87 bits per heavy atom. The summed E-state index contributed by atoms with van der Waals surface area (Å²) >= 11 is 6.00. The number of nitrogens with two attached hydrogens (primary N) is 1. The lowest BCUT2D eigenvalue weighted by atomic mass is 10.2. The summed E-state index contributed by atoms with van der Waals surface area (Å²) in [5.74, 6) is 0.860. The molecule has 0 atom stereocenters. The topological polar surface area (TPSA) is 93.2 Å². The highest BCUT2D eigenvalue weighted by atomic mass is 35.5. The van der Waals surface area contributed by atoms with Crippen LogP contribution in [-0.2, 0) is 0 Å². The Hall–Kier alpha value is -2.99. The van der Waals surface area contributed by atoms with E-state index in [1.54, 1.807) is 24.3 Å². The van der Waals surface area contributed by atoms with E-state index in [-0.39, 0.29) is 0 Å². The first-order valence-corrected chi connectivity index (χ1v) is 7.15. The first kappa shape index (κ1) is 14.9. The number of carbonyl (C=O) groups excluding carboxylic acids is 1. The van der Waals surface area contributed by atoms with Gasteiger partial charge in [-0.3, -0.25) is 5.32 Å². The van der Waals surface area contributed by atoms with E-state index < -0.39 is 6.03 Å². The molecular formula is C16H13ClN4O2. The molecule has 0 bridgehead atoms. The van der Waals surface area contributed by atoms with Crippen molar-refractivity contribution in [1.82, 2.24) is 5.16 Å². The van der Waals surface area contributed by atoms with Gasteiger partial charge in [-0.2, -0.15) is 0 Å². The van der Waals surface area contributed by atoms with Crippen molar-refractivity contribution in [3.8, 4) is 11.3 Å². The number of rotatable bonds is 3. The fraction of sp³-hybridized carbons (Fsp3) is 0. The molecule has 0 unspecified atom stereocenters. The van der Waals surface area contributed by atoms with Crippen molar-refractivity contribution in [2.45, 2.75) is 0 Å². The van der Waals surface area contributed by atoms with Crippen molar-refractivity contribution in [1.29, 1.82) is 0 Å². The summed E-state index contributed by atoms with van der Waals surface area (Å²) in [5, 5.41) is 9.36. The zero-order chi connectivity index (χ0) is 16.2. The molecule has 0 saturated heterocycles. The Kier molecular flexibility index (Phi) is 4.16. The van der Waals surface area contributed by atoms with E-state index in [0.717, 1.165) is 5.56 Å². The Morgan fingerprint density at radius 1 is 1.09 bits per heavy atom. The van der Waals surface area contributed by atoms with Gasteiger partial charge in [-0.25, -0.2) is 4.79 Å². The third-order valence-electron chi connectivity index (χ3n) is 3.05. The molecule has 3 aromatic rings. The molecule has 0 aliphatic carbocycles. The second-order valence-electron chi connectivity index (χ2n) is 4.76. The van der Waals surface area contributed by atoms with E-state index in [1.807, 2.05) is 30.3 Å². The Bertz CT molecular complexity index is 833. The lowest BCUT2D eigenvalue weighted by Crippen LogP contribution is -2.19. The molecule has 0 saturated carbocycles. The molecule has 3 rings (SSSR count). The fourth-order valence-electron chi connectivity index (χ4n) is 1.98. The summed E-state index contributed by atoms with van der Waals surface area (Å²) in [6.07, 6.45) is 0. The van der Waals surface area contributed by atoms with Crippen molar-refractivity contribution < 1.29 is 9.32 Å². The van der Waals surface area contributed by atoms with Gasteiger partial charge >= 0.3 is 6.03 Å². The number of nitrogens with zero attached hydrogens (tertiary/aromatic N) is 1. The van der Waals surface area contributed by atoms with Crippen LogP contribution in [0.15, 0.2) is 59.1 Å². The first-order valence-electron chi connectivity index (χ1n) is 6.77. The molecule has 0 aliphatic rings. The van der Waals surface area contributed by atoms with Gasteiger partial charge in [0.15, 0.2) is 11.6 Å². The van der Waals surface area contributed by atoms with Crippen LogP contribution in [0.25, 0.3) is 11.3 Å². The number of halogens is 1. The highest BCUT2D eigenvalue weighted by molar-refractivity contribution is 6.34.